The van der Waals surface area contributed by atoms with Crippen LogP contribution in [0.15, 0.2) is 72.9 Å². The third-order valence-corrected chi connectivity index (χ3v) is 6.61. The molecule has 1 fully saturated rings. The third kappa shape index (κ3) is 6.52. The molecule has 0 aliphatic carbocycles. The average Bonchev–Trinajstić information content (AvgIpc) is 3.42. The van der Waals surface area contributed by atoms with Gasteiger partial charge in [0.15, 0.2) is 0 Å². The molecule has 1 saturated heterocycles. The van der Waals surface area contributed by atoms with Gasteiger partial charge in [-0.2, -0.15) is 18.3 Å². The highest BCUT2D eigenvalue weighted by Crippen LogP contribution is 2.30. The number of hydrogen-bond acceptors (Lipinski definition) is 5. The van der Waals surface area contributed by atoms with Crippen molar-refractivity contribution >= 4 is 12.0 Å². The van der Waals surface area contributed by atoms with Crippen LogP contribution in [-0.2, 0) is 21.7 Å². The average molecular weight is 530 g/mol. The summed E-state index contributed by atoms with van der Waals surface area (Å²) in [5.41, 5.74) is 1.68. The number of nitrogens with zero attached hydrogens (tertiary/aromatic N) is 4. The van der Waals surface area contributed by atoms with Gasteiger partial charge in [0, 0.05) is 25.8 Å². The maximum atomic E-state index is 12.9. The molecule has 4 rings (SSSR count). The van der Waals surface area contributed by atoms with Gasteiger partial charge in [0.1, 0.15) is 19.2 Å². The molecule has 2 amide bonds. The Morgan fingerprint density at radius 1 is 1.00 bits per heavy atom. The van der Waals surface area contributed by atoms with Crippen molar-refractivity contribution in [3.63, 3.8) is 0 Å². The van der Waals surface area contributed by atoms with Gasteiger partial charge in [0.05, 0.1) is 16.9 Å². The maximum Gasteiger partial charge on any atom is 0.410 e. The largest absolute Gasteiger partial charge is 0.445 e. The van der Waals surface area contributed by atoms with Crippen LogP contribution in [0.25, 0.3) is 5.69 Å². The Kier molecular flexibility index (Phi) is 8.05. The van der Waals surface area contributed by atoms with Crippen molar-refractivity contribution in [2.24, 2.45) is 0 Å². The Morgan fingerprint density at radius 2 is 1.66 bits per heavy atom. The van der Waals surface area contributed by atoms with Crippen molar-refractivity contribution in [1.29, 1.82) is 0 Å². The molecular weight excluding hydrogens is 499 g/mol. The second-order valence-corrected chi connectivity index (χ2v) is 9.57. The lowest BCUT2D eigenvalue weighted by atomic mass is 9.95. The highest BCUT2D eigenvalue weighted by atomic mass is 19.4. The van der Waals surface area contributed by atoms with Gasteiger partial charge in [-0.15, -0.1) is 0 Å². The van der Waals surface area contributed by atoms with Gasteiger partial charge in [-0.25, -0.2) is 9.48 Å². The highest BCUT2D eigenvalue weighted by Gasteiger charge is 2.43. The highest BCUT2D eigenvalue weighted by molar-refractivity contribution is 5.86. The van der Waals surface area contributed by atoms with Crippen molar-refractivity contribution in [1.82, 2.24) is 24.9 Å². The summed E-state index contributed by atoms with van der Waals surface area (Å²) in [6, 6.07) is 19.3. The topological polar surface area (TPSA) is 79.7 Å². The predicted octanol–water partition coefficient (Wildman–Crippen LogP) is 4.11. The molecule has 0 bridgehead atoms. The summed E-state index contributed by atoms with van der Waals surface area (Å²) < 4.78 is 45.6. The van der Waals surface area contributed by atoms with Gasteiger partial charge in [-0.1, -0.05) is 48.5 Å². The Balaban J connectivity index is 1.51. The lowest BCUT2D eigenvalue weighted by Gasteiger charge is -2.46. The Morgan fingerprint density at radius 3 is 2.32 bits per heavy atom. The van der Waals surface area contributed by atoms with Gasteiger partial charge in [0.25, 0.3) is 0 Å². The van der Waals surface area contributed by atoms with Crippen LogP contribution in [-0.4, -0.2) is 70.0 Å². The first kappa shape index (κ1) is 27.2. The number of rotatable bonds is 7. The number of benzene rings is 2. The molecule has 0 saturated carbocycles. The van der Waals surface area contributed by atoms with Crippen molar-refractivity contribution in [2.75, 3.05) is 26.2 Å². The van der Waals surface area contributed by atoms with Crippen LogP contribution >= 0.6 is 0 Å². The standard InChI is InChI=1S/C27H30F3N5O3/c1-26(2,23-13-14-35(32-23)21-11-7-4-8-12-21)33-15-16-34(22(17-33)24(36)31-19-27(28,29)30)25(37)38-18-20-9-5-3-6-10-20/h3-14,22H,15-19H2,1-2H3,(H,31,36)/t22-/m0/s1. The van der Waals surface area contributed by atoms with Crippen LogP contribution < -0.4 is 5.32 Å². The van der Waals surface area contributed by atoms with Crippen molar-refractivity contribution in [3.8, 4) is 5.69 Å². The molecule has 3 aromatic rings. The van der Waals surface area contributed by atoms with E-state index in [0.717, 1.165) is 16.9 Å². The minimum absolute atomic E-state index is 0.00925. The van der Waals surface area contributed by atoms with Crippen molar-refractivity contribution in [2.45, 2.75) is 38.2 Å². The second kappa shape index (κ2) is 11.3. The molecule has 1 aliphatic rings. The van der Waals surface area contributed by atoms with Gasteiger partial charge in [-0.3, -0.25) is 14.6 Å². The van der Waals surface area contributed by atoms with E-state index in [-0.39, 0.29) is 19.7 Å². The zero-order chi connectivity index (χ0) is 27.3. The quantitative estimate of drug-likeness (QED) is 0.499. The van der Waals surface area contributed by atoms with Crippen LogP contribution in [0.3, 0.4) is 0 Å². The molecule has 1 aromatic heterocycles. The summed E-state index contributed by atoms with van der Waals surface area (Å²) in [7, 11) is 0. The zero-order valence-electron chi connectivity index (χ0n) is 21.2. The van der Waals surface area contributed by atoms with E-state index in [0.29, 0.717) is 6.54 Å². The zero-order valence-corrected chi connectivity index (χ0v) is 21.2. The fourth-order valence-electron chi connectivity index (χ4n) is 4.38. The Labute approximate surface area is 219 Å². The molecule has 11 heteroatoms. The van der Waals surface area contributed by atoms with E-state index in [1.807, 2.05) is 72.7 Å². The van der Waals surface area contributed by atoms with Crippen LogP contribution in [0.5, 0.6) is 0 Å². The number of piperazine rings is 1. The molecule has 202 valence electrons. The van der Waals surface area contributed by atoms with E-state index >= 15 is 0 Å². The van der Waals surface area contributed by atoms with E-state index in [2.05, 4.69) is 0 Å². The summed E-state index contributed by atoms with van der Waals surface area (Å²) in [6.45, 7) is 2.83. The normalized spacial score (nSPS) is 16.8. The molecule has 8 nitrogen and oxygen atoms in total. The van der Waals surface area contributed by atoms with Gasteiger partial charge in [-0.05, 0) is 37.6 Å². The van der Waals surface area contributed by atoms with Crippen LogP contribution in [0.2, 0.25) is 0 Å². The minimum Gasteiger partial charge on any atom is -0.445 e. The van der Waals surface area contributed by atoms with Crippen molar-refractivity contribution < 1.29 is 27.5 Å². The van der Waals surface area contributed by atoms with E-state index in [9.17, 15) is 22.8 Å². The number of halogens is 3. The molecule has 0 radical (unpaired) electrons. The molecule has 0 unspecified atom stereocenters. The lowest BCUT2D eigenvalue weighted by Crippen LogP contribution is -2.64. The number of para-hydroxylation sites is 1. The molecule has 38 heavy (non-hydrogen) atoms. The number of carbonyl (C=O) groups excluding carboxylic acids is 2. The third-order valence-electron chi connectivity index (χ3n) is 6.61. The van der Waals surface area contributed by atoms with Crippen LogP contribution in [0, 0.1) is 0 Å². The van der Waals surface area contributed by atoms with E-state index in [1.165, 1.54) is 4.90 Å². The van der Waals surface area contributed by atoms with E-state index in [4.69, 9.17) is 9.84 Å². The number of carbonyl (C=O) groups is 2. The number of aromatic nitrogens is 2. The monoisotopic (exact) mass is 529 g/mol. The first-order chi connectivity index (χ1) is 18.0. The summed E-state index contributed by atoms with van der Waals surface area (Å²) in [4.78, 5) is 29.0. The van der Waals surface area contributed by atoms with Gasteiger partial charge >= 0.3 is 12.3 Å². The molecule has 0 spiro atoms. The van der Waals surface area contributed by atoms with Crippen LogP contribution in [0.1, 0.15) is 25.1 Å². The molecule has 1 aliphatic heterocycles. The van der Waals surface area contributed by atoms with Crippen LogP contribution in [0.4, 0.5) is 18.0 Å². The Bertz CT molecular complexity index is 1230. The molecule has 2 aromatic carbocycles. The molecule has 1 atom stereocenters. The minimum atomic E-state index is -4.58. The smallest absolute Gasteiger partial charge is 0.410 e. The lowest BCUT2D eigenvalue weighted by molar-refractivity contribution is -0.143. The summed E-state index contributed by atoms with van der Waals surface area (Å²) in [6.07, 6.45) is -3.50. The maximum absolute atomic E-state index is 12.9. The molecule has 1 N–H and O–H groups in total. The van der Waals surface area contributed by atoms with Crippen molar-refractivity contribution in [3.05, 3.63) is 84.2 Å². The number of nitrogens with one attached hydrogen (secondary N) is 1. The molecule has 2 heterocycles. The van der Waals surface area contributed by atoms with Gasteiger partial charge in [0.2, 0.25) is 5.91 Å². The van der Waals surface area contributed by atoms with E-state index in [1.54, 1.807) is 28.9 Å². The number of hydrogen-bond donors (Lipinski definition) is 1. The SMILES string of the molecule is CC(C)(c1ccn(-c2ccccc2)n1)N1CCN(C(=O)OCc2ccccc2)[C@H](C(=O)NCC(F)(F)F)C1. The fraction of sp³-hybridized carbons (Fsp3) is 0.370. The number of ether oxygens (including phenoxy) is 1. The number of amides is 2. The first-order valence-electron chi connectivity index (χ1n) is 12.2. The fourth-order valence-corrected chi connectivity index (χ4v) is 4.38. The summed E-state index contributed by atoms with van der Waals surface area (Å²) >= 11 is 0. The summed E-state index contributed by atoms with van der Waals surface area (Å²) in [5, 5.41) is 6.63. The Hall–Kier alpha value is -3.86. The van der Waals surface area contributed by atoms with Gasteiger partial charge < -0.3 is 10.1 Å². The molecular formula is C27H30F3N5O3. The van der Waals surface area contributed by atoms with E-state index < -0.39 is 36.3 Å². The second-order valence-electron chi connectivity index (χ2n) is 9.57. The number of alkyl halides is 3. The predicted molar refractivity (Wildman–Crippen MR) is 134 cm³/mol. The summed E-state index contributed by atoms with van der Waals surface area (Å²) in [5.74, 6) is -0.894. The first-order valence-corrected chi connectivity index (χ1v) is 12.2.